The van der Waals surface area contributed by atoms with Crippen molar-refractivity contribution in [2.45, 2.75) is 44.9 Å². The van der Waals surface area contributed by atoms with Crippen molar-refractivity contribution < 1.29 is 9.59 Å². The normalized spacial score (nSPS) is 27.9. The first-order valence-electron chi connectivity index (χ1n) is 12.4. The number of carbonyl (C=O) groups is 2. The summed E-state index contributed by atoms with van der Waals surface area (Å²) in [7, 11) is 5.82. The molecule has 2 heterocycles. The van der Waals surface area contributed by atoms with Gasteiger partial charge in [-0.1, -0.05) is 6.07 Å². The number of likely N-dealkylation sites (N-methyl/N-ethyl adjacent to an activating group) is 2. The van der Waals surface area contributed by atoms with E-state index >= 15 is 0 Å². The number of aromatic nitrogens is 2. The average Bonchev–Trinajstić information content (AvgIpc) is 3.17. The van der Waals surface area contributed by atoms with Gasteiger partial charge in [-0.15, -0.1) is 0 Å². The molecule has 4 bridgehead atoms. The van der Waals surface area contributed by atoms with Crippen LogP contribution in [0.1, 0.15) is 54.7 Å². The van der Waals surface area contributed by atoms with Crippen molar-refractivity contribution in [3.05, 3.63) is 35.8 Å². The summed E-state index contributed by atoms with van der Waals surface area (Å²) < 4.78 is 1.83. The SMILES string of the molecule is CN(C)CCN(C)C(=O)Cc1cn2c(C(=O)NCC34CC5CC(CC(C5)C3)C4)cccc2n1. The first kappa shape index (κ1) is 22.4. The van der Waals surface area contributed by atoms with Crippen molar-refractivity contribution in [3.8, 4) is 0 Å². The van der Waals surface area contributed by atoms with E-state index < -0.39 is 0 Å². The number of amides is 2. The van der Waals surface area contributed by atoms with E-state index in [2.05, 4.69) is 15.2 Å². The number of hydrogen-bond donors (Lipinski definition) is 1. The van der Waals surface area contributed by atoms with Gasteiger partial charge in [-0.25, -0.2) is 4.98 Å². The summed E-state index contributed by atoms with van der Waals surface area (Å²) in [6.45, 7) is 2.28. The minimum atomic E-state index is -0.0466. The number of carbonyl (C=O) groups excluding carboxylic acids is 2. The number of imidazole rings is 1. The van der Waals surface area contributed by atoms with Crippen LogP contribution in [0.25, 0.3) is 5.65 Å². The molecule has 4 aliphatic carbocycles. The van der Waals surface area contributed by atoms with E-state index in [4.69, 9.17) is 0 Å². The molecule has 6 rings (SSSR count). The molecule has 33 heavy (non-hydrogen) atoms. The number of rotatable bonds is 8. The van der Waals surface area contributed by atoms with Crippen LogP contribution >= 0.6 is 0 Å². The third-order valence-corrected chi connectivity index (χ3v) is 8.20. The molecule has 4 saturated carbocycles. The third kappa shape index (κ3) is 4.65. The highest BCUT2D eigenvalue weighted by Crippen LogP contribution is 2.59. The molecule has 7 nitrogen and oxygen atoms in total. The zero-order chi connectivity index (χ0) is 23.2. The van der Waals surface area contributed by atoms with E-state index in [-0.39, 0.29) is 18.2 Å². The Morgan fingerprint density at radius 1 is 1.06 bits per heavy atom. The van der Waals surface area contributed by atoms with E-state index in [0.29, 0.717) is 29.0 Å². The maximum Gasteiger partial charge on any atom is 0.268 e. The Morgan fingerprint density at radius 2 is 1.73 bits per heavy atom. The zero-order valence-corrected chi connectivity index (χ0v) is 20.2. The number of fused-ring (bicyclic) bond motifs is 1. The predicted molar refractivity (Wildman–Crippen MR) is 128 cm³/mol. The zero-order valence-electron chi connectivity index (χ0n) is 20.2. The summed E-state index contributed by atoms with van der Waals surface area (Å²) in [4.78, 5) is 34.2. The van der Waals surface area contributed by atoms with Crippen LogP contribution in [0.2, 0.25) is 0 Å². The molecule has 0 radical (unpaired) electrons. The fourth-order valence-electron chi connectivity index (χ4n) is 6.96. The van der Waals surface area contributed by atoms with Gasteiger partial charge >= 0.3 is 0 Å². The van der Waals surface area contributed by atoms with E-state index in [9.17, 15) is 9.59 Å². The molecule has 2 amide bonds. The third-order valence-electron chi connectivity index (χ3n) is 8.20. The van der Waals surface area contributed by atoms with Gasteiger partial charge in [0.1, 0.15) is 11.3 Å². The maximum atomic E-state index is 13.2. The first-order chi connectivity index (χ1) is 15.8. The average molecular weight is 452 g/mol. The number of nitrogens with one attached hydrogen (secondary N) is 1. The molecule has 0 aliphatic heterocycles. The van der Waals surface area contributed by atoms with Crippen LogP contribution in [-0.4, -0.2) is 71.8 Å². The Morgan fingerprint density at radius 3 is 2.36 bits per heavy atom. The Hall–Kier alpha value is -2.41. The van der Waals surface area contributed by atoms with Crippen molar-refractivity contribution in [1.29, 1.82) is 0 Å². The summed E-state index contributed by atoms with van der Waals surface area (Å²) in [5.41, 5.74) is 2.29. The second-order valence-corrected chi connectivity index (χ2v) is 11.3. The van der Waals surface area contributed by atoms with Gasteiger partial charge < -0.3 is 15.1 Å². The van der Waals surface area contributed by atoms with E-state index in [1.54, 1.807) is 4.90 Å². The number of hydrogen-bond acceptors (Lipinski definition) is 4. The molecule has 2 aromatic rings. The van der Waals surface area contributed by atoms with Gasteiger partial charge in [0.05, 0.1) is 12.1 Å². The van der Waals surface area contributed by atoms with Crippen LogP contribution in [0.4, 0.5) is 0 Å². The molecular formula is C26H37N5O2. The van der Waals surface area contributed by atoms with Gasteiger partial charge in [0.25, 0.3) is 5.91 Å². The summed E-state index contributed by atoms with van der Waals surface area (Å²) in [6.07, 6.45) is 10.1. The summed E-state index contributed by atoms with van der Waals surface area (Å²) in [5.74, 6) is 2.62. The van der Waals surface area contributed by atoms with E-state index in [1.807, 2.05) is 49.9 Å². The van der Waals surface area contributed by atoms with Crippen molar-refractivity contribution in [2.24, 2.45) is 23.2 Å². The van der Waals surface area contributed by atoms with Crippen molar-refractivity contribution in [1.82, 2.24) is 24.5 Å². The van der Waals surface area contributed by atoms with E-state index in [0.717, 1.165) is 30.8 Å². The lowest BCUT2D eigenvalue weighted by Crippen LogP contribution is -2.51. The Labute approximate surface area is 196 Å². The lowest BCUT2D eigenvalue weighted by Gasteiger charge is -2.56. The summed E-state index contributed by atoms with van der Waals surface area (Å²) in [5, 5.41) is 3.28. The molecule has 178 valence electrons. The van der Waals surface area contributed by atoms with Gasteiger partial charge in [0.2, 0.25) is 5.91 Å². The molecular weight excluding hydrogens is 414 g/mol. The molecule has 7 heteroatoms. The van der Waals surface area contributed by atoms with Crippen LogP contribution in [0.3, 0.4) is 0 Å². The topological polar surface area (TPSA) is 70.0 Å². The largest absolute Gasteiger partial charge is 0.350 e. The maximum absolute atomic E-state index is 13.2. The molecule has 4 fully saturated rings. The molecule has 4 aliphatic rings. The molecule has 0 saturated heterocycles. The molecule has 0 aromatic carbocycles. The summed E-state index contributed by atoms with van der Waals surface area (Å²) in [6, 6.07) is 5.61. The molecule has 0 unspecified atom stereocenters. The first-order valence-corrected chi connectivity index (χ1v) is 12.4. The summed E-state index contributed by atoms with van der Waals surface area (Å²) >= 11 is 0. The molecule has 2 aromatic heterocycles. The Kier molecular flexibility index (Phi) is 5.93. The lowest BCUT2D eigenvalue weighted by atomic mass is 9.49. The minimum Gasteiger partial charge on any atom is -0.350 e. The molecule has 0 spiro atoms. The van der Waals surface area contributed by atoms with Crippen LogP contribution in [0.15, 0.2) is 24.4 Å². The fraction of sp³-hybridized carbons (Fsp3) is 0.654. The van der Waals surface area contributed by atoms with Gasteiger partial charge in [0.15, 0.2) is 0 Å². The van der Waals surface area contributed by atoms with Gasteiger partial charge in [-0.3, -0.25) is 14.0 Å². The Balaban J connectivity index is 1.25. The fourth-order valence-corrected chi connectivity index (χ4v) is 6.96. The number of nitrogens with zero attached hydrogens (tertiary/aromatic N) is 4. The predicted octanol–water partition coefficient (Wildman–Crippen LogP) is 2.84. The van der Waals surface area contributed by atoms with Crippen LogP contribution in [-0.2, 0) is 11.2 Å². The second-order valence-electron chi connectivity index (χ2n) is 11.3. The highest BCUT2D eigenvalue weighted by molar-refractivity contribution is 5.93. The Bertz CT molecular complexity index is 1010. The van der Waals surface area contributed by atoms with Crippen molar-refractivity contribution in [3.63, 3.8) is 0 Å². The molecule has 1 N–H and O–H groups in total. The van der Waals surface area contributed by atoms with Gasteiger partial charge in [-0.2, -0.15) is 0 Å². The van der Waals surface area contributed by atoms with Gasteiger partial charge in [0, 0.05) is 32.9 Å². The molecule has 0 atom stereocenters. The lowest BCUT2D eigenvalue weighted by molar-refractivity contribution is -0.129. The smallest absolute Gasteiger partial charge is 0.268 e. The van der Waals surface area contributed by atoms with Crippen LogP contribution in [0, 0.1) is 23.2 Å². The van der Waals surface area contributed by atoms with Crippen LogP contribution in [0.5, 0.6) is 0 Å². The number of pyridine rings is 1. The second kappa shape index (κ2) is 8.75. The quantitative estimate of drug-likeness (QED) is 0.670. The highest BCUT2D eigenvalue weighted by Gasteiger charge is 2.50. The minimum absolute atomic E-state index is 0.0353. The van der Waals surface area contributed by atoms with Gasteiger partial charge in [-0.05, 0) is 87.9 Å². The van der Waals surface area contributed by atoms with E-state index in [1.165, 1.54) is 38.5 Å². The van der Waals surface area contributed by atoms with Crippen molar-refractivity contribution in [2.75, 3.05) is 40.8 Å². The van der Waals surface area contributed by atoms with Crippen LogP contribution < -0.4 is 5.32 Å². The van der Waals surface area contributed by atoms with Crippen molar-refractivity contribution >= 4 is 17.5 Å². The monoisotopic (exact) mass is 451 g/mol. The highest BCUT2D eigenvalue weighted by atomic mass is 16.2. The standard InChI is InChI=1S/C26H37N5O2/c1-29(2)7-8-30(3)24(32)12-21-16-31-22(5-4-6-23(31)28-21)25(33)27-17-26-13-18-9-19(14-26)11-20(10-18)15-26/h4-6,16,18-20H,7-15,17H2,1-3H3,(H,27,33).